The lowest BCUT2D eigenvalue weighted by molar-refractivity contribution is 0.302. The van der Waals surface area contributed by atoms with E-state index < -0.39 is 0 Å². The Morgan fingerprint density at radius 2 is 1.26 bits per heavy atom. The van der Waals surface area contributed by atoms with Crippen molar-refractivity contribution in [1.82, 2.24) is 0 Å². The molecule has 4 aromatic carbocycles. The van der Waals surface area contributed by atoms with Gasteiger partial charge in [-0.05, 0) is 97.2 Å². The van der Waals surface area contributed by atoms with Gasteiger partial charge in [0.05, 0.1) is 11.4 Å². The fourth-order valence-corrected chi connectivity index (χ4v) is 9.39. The van der Waals surface area contributed by atoms with Crippen molar-refractivity contribution in [2.75, 3.05) is 9.80 Å². The third-order valence-electron chi connectivity index (χ3n) is 10.7. The molecule has 0 radical (unpaired) electrons. The highest BCUT2D eigenvalue weighted by Gasteiger charge is 2.81. The van der Waals surface area contributed by atoms with Crippen LogP contribution >= 0.6 is 0 Å². The molecular formula is C37H40N2. The van der Waals surface area contributed by atoms with Crippen molar-refractivity contribution in [2.24, 2.45) is 11.3 Å². The second-order valence-corrected chi connectivity index (χ2v) is 12.1. The number of para-hydroxylation sites is 2. The van der Waals surface area contributed by atoms with E-state index in [4.69, 9.17) is 0 Å². The Kier molecular flexibility index (Phi) is 5.34. The highest BCUT2D eigenvalue weighted by atomic mass is 15.5. The van der Waals surface area contributed by atoms with E-state index in [1.165, 1.54) is 69.8 Å². The Morgan fingerprint density at radius 3 is 1.92 bits per heavy atom. The molecule has 0 aromatic heterocycles. The number of fused-ring (bicyclic) bond motifs is 8. The molecule has 39 heavy (non-hydrogen) atoms. The summed E-state index contributed by atoms with van der Waals surface area (Å²) in [6.45, 7) is 14.1. The first-order valence-electron chi connectivity index (χ1n) is 14.9. The number of hydrogen-bond acceptors (Lipinski definition) is 2. The molecule has 0 N–H and O–H groups in total. The lowest BCUT2D eigenvalue weighted by atomic mass is 9.76. The zero-order valence-electron chi connectivity index (χ0n) is 24.3. The van der Waals surface area contributed by atoms with Gasteiger partial charge in [0.15, 0.2) is 0 Å². The fraction of sp³-hybridized carbons (Fsp3) is 0.351. The third-order valence-corrected chi connectivity index (χ3v) is 10.7. The molecule has 1 aliphatic carbocycles. The lowest BCUT2D eigenvalue weighted by Gasteiger charge is -2.47. The van der Waals surface area contributed by atoms with Crippen molar-refractivity contribution in [3.8, 4) is 11.1 Å². The minimum atomic E-state index is 0.185. The number of aryl methyl sites for hydroxylation is 3. The van der Waals surface area contributed by atoms with E-state index in [-0.39, 0.29) is 17.0 Å². The zero-order chi connectivity index (χ0) is 27.1. The van der Waals surface area contributed by atoms with Crippen LogP contribution in [0.4, 0.5) is 22.7 Å². The van der Waals surface area contributed by atoms with E-state index in [9.17, 15) is 0 Å². The van der Waals surface area contributed by atoms with Crippen molar-refractivity contribution in [1.29, 1.82) is 0 Å². The SMILES string of the molecule is CCC1C2(CC)c3ccccc3N3c4cc(-c5c(C)cccc5C)ccc4N(c4ccccc4C)C3C12CC. The van der Waals surface area contributed by atoms with Crippen LogP contribution in [0.3, 0.4) is 0 Å². The minimum absolute atomic E-state index is 0.185. The van der Waals surface area contributed by atoms with Crippen molar-refractivity contribution in [3.05, 3.63) is 107 Å². The van der Waals surface area contributed by atoms with E-state index in [0.717, 1.165) is 0 Å². The van der Waals surface area contributed by atoms with Gasteiger partial charge in [-0.3, -0.25) is 0 Å². The second-order valence-electron chi connectivity index (χ2n) is 12.1. The number of benzene rings is 4. The predicted octanol–water partition coefficient (Wildman–Crippen LogP) is 9.99. The van der Waals surface area contributed by atoms with Crippen LogP contribution in [0.5, 0.6) is 0 Å². The first-order valence-corrected chi connectivity index (χ1v) is 14.9. The molecule has 4 unspecified atom stereocenters. The molecule has 4 atom stereocenters. The molecule has 7 rings (SSSR count). The molecule has 0 amide bonds. The summed E-state index contributed by atoms with van der Waals surface area (Å²) in [4.78, 5) is 5.46. The maximum Gasteiger partial charge on any atom is 0.118 e. The van der Waals surface area contributed by atoms with Crippen molar-refractivity contribution in [3.63, 3.8) is 0 Å². The maximum absolute atomic E-state index is 2.74. The molecule has 1 saturated carbocycles. The highest BCUT2D eigenvalue weighted by molar-refractivity contribution is 5.95. The molecule has 2 nitrogen and oxygen atoms in total. The highest BCUT2D eigenvalue weighted by Crippen LogP contribution is 2.82. The largest absolute Gasteiger partial charge is 0.317 e. The summed E-state index contributed by atoms with van der Waals surface area (Å²) in [5, 5.41) is 0. The van der Waals surface area contributed by atoms with Gasteiger partial charge in [-0.2, -0.15) is 0 Å². The van der Waals surface area contributed by atoms with E-state index in [1.54, 1.807) is 5.56 Å². The smallest absolute Gasteiger partial charge is 0.118 e. The summed E-state index contributed by atoms with van der Waals surface area (Å²) in [5.41, 5.74) is 14.1. The van der Waals surface area contributed by atoms with Gasteiger partial charge in [-0.1, -0.05) is 87.9 Å². The van der Waals surface area contributed by atoms with Crippen LogP contribution in [0, 0.1) is 32.1 Å². The van der Waals surface area contributed by atoms with E-state index >= 15 is 0 Å². The molecule has 0 saturated heterocycles. The normalized spacial score (nSPS) is 26.1. The van der Waals surface area contributed by atoms with Gasteiger partial charge in [-0.15, -0.1) is 0 Å². The number of nitrogens with zero attached hydrogens (tertiary/aromatic N) is 2. The van der Waals surface area contributed by atoms with Gasteiger partial charge >= 0.3 is 0 Å². The second kappa shape index (κ2) is 8.49. The van der Waals surface area contributed by atoms with Gasteiger partial charge in [0.25, 0.3) is 0 Å². The van der Waals surface area contributed by atoms with Crippen LogP contribution in [0.25, 0.3) is 11.1 Å². The summed E-state index contributed by atoms with van der Waals surface area (Å²) in [7, 11) is 0. The first-order chi connectivity index (χ1) is 19.0. The number of hydrogen-bond donors (Lipinski definition) is 0. The van der Waals surface area contributed by atoms with Crippen LogP contribution in [0.15, 0.2) is 84.9 Å². The van der Waals surface area contributed by atoms with Crippen LogP contribution in [-0.4, -0.2) is 6.17 Å². The van der Waals surface area contributed by atoms with Crippen molar-refractivity contribution >= 4 is 22.7 Å². The molecule has 3 aliphatic rings. The van der Waals surface area contributed by atoms with E-state index in [2.05, 4.69) is 136 Å². The molecule has 2 heterocycles. The standard InChI is InChI=1S/C37H40N2/c1-7-33-36(8-2)28-18-11-13-20-30(28)39-32-23-27(34-25(5)16-14-17-26(34)6)21-22-31(32)38(35(39)37(33,36)9-3)29-19-12-10-15-24(29)4/h10-23,33,35H,7-9H2,1-6H3. The quantitative estimate of drug-likeness (QED) is 0.262. The molecule has 0 spiro atoms. The topological polar surface area (TPSA) is 6.48 Å². The Labute approximate surface area is 234 Å². The number of anilines is 4. The summed E-state index contributed by atoms with van der Waals surface area (Å²) in [6, 6.07) is 32.2. The average Bonchev–Trinajstić information content (AvgIpc) is 3.44. The Balaban J connectivity index is 1.56. The van der Waals surface area contributed by atoms with Crippen LogP contribution < -0.4 is 9.80 Å². The Bertz CT molecular complexity index is 1580. The summed E-state index contributed by atoms with van der Waals surface area (Å²) >= 11 is 0. The Morgan fingerprint density at radius 1 is 0.615 bits per heavy atom. The van der Waals surface area contributed by atoms with Crippen molar-refractivity contribution < 1.29 is 0 Å². The predicted molar refractivity (Wildman–Crippen MR) is 166 cm³/mol. The molecule has 0 bridgehead atoms. The van der Waals surface area contributed by atoms with Crippen molar-refractivity contribution in [2.45, 2.75) is 72.4 Å². The fourth-order valence-electron chi connectivity index (χ4n) is 9.39. The van der Waals surface area contributed by atoms with Crippen LogP contribution in [0.2, 0.25) is 0 Å². The molecule has 4 aromatic rings. The molecular weight excluding hydrogens is 472 g/mol. The van der Waals surface area contributed by atoms with Gasteiger partial charge in [0.1, 0.15) is 6.17 Å². The van der Waals surface area contributed by atoms with E-state index in [0.29, 0.717) is 5.92 Å². The average molecular weight is 513 g/mol. The summed E-state index contributed by atoms with van der Waals surface area (Å²) in [5.74, 6) is 0.662. The number of rotatable bonds is 5. The first kappa shape index (κ1) is 24.5. The lowest BCUT2D eigenvalue weighted by Crippen LogP contribution is -2.51. The monoisotopic (exact) mass is 512 g/mol. The van der Waals surface area contributed by atoms with Gasteiger partial charge in [0.2, 0.25) is 0 Å². The third kappa shape index (κ3) is 2.88. The summed E-state index contributed by atoms with van der Waals surface area (Å²) < 4.78 is 0. The van der Waals surface area contributed by atoms with Crippen LogP contribution in [-0.2, 0) is 5.41 Å². The van der Waals surface area contributed by atoms with Gasteiger partial charge in [0, 0.05) is 22.2 Å². The minimum Gasteiger partial charge on any atom is -0.317 e. The molecule has 2 aliphatic heterocycles. The van der Waals surface area contributed by atoms with Gasteiger partial charge < -0.3 is 9.80 Å². The van der Waals surface area contributed by atoms with Crippen LogP contribution in [0.1, 0.15) is 62.3 Å². The zero-order valence-corrected chi connectivity index (χ0v) is 24.3. The summed E-state index contributed by atoms with van der Waals surface area (Å²) in [6.07, 6.45) is 3.83. The van der Waals surface area contributed by atoms with Gasteiger partial charge in [-0.25, -0.2) is 0 Å². The molecule has 1 fully saturated rings. The maximum atomic E-state index is 2.74. The molecule has 198 valence electrons. The Hall–Kier alpha value is -3.52. The van der Waals surface area contributed by atoms with E-state index in [1.807, 2.05) is 0 Å². The molecule has 2 heteroatoms.